The van der Waals surface area contributed by atoms with Crippen molar-refractivity contribution in [2.75, 3.05) is 13.6 Å². The number of carbonyl (C=O) groups is 1. The number of benzene rings is 3. The fraction of sp³-hybridized carbons (Fsp3) is 0.557. The second-order valence-electron chi connectivity index (χ2n) is 19.2. The highest BCUT2D eigenvalue weighted by Gasteiger charge is 2.06. The summed E-state index contributed by atoms with van der Waals surface area (Å²) in [5, 5.41) is 30.8. The van der Waals surface area contributed by atoms with Gasteiger partial charge in [-0.05, 0) is 112 Å². The van der Waals surface area contributed by atoms with Crippen molar-refractivity contribution in [1.82, 2.24) is 55.6 Å². The summed E-state index contributed by atoms with van der Waals surface area (Å²) in [4.78, 5) is 11.1. The van der Waals surface area contributed by atoms with Crippen LogP contribution in [0.15, 0.2) is 104 Å². The van der Waals surface area contributed by atoms with Crippen LogP contribution in [0.4, 0.5) is 0 Å². The molecule has 0 radical (unpaired) electrons. The molecule has 3 aromatic carbocycles. The zero-order valence-corrected chi connectivity index (χ0v) is 46.6. The zero-order chi connectivity index (χ0) is 53.6. The van der Waals surface area contributed by atoms with E-state index in [-0.39, 0.29) is 13.3 Å². The molecular formula is C61H95N11O4. The number of carbonyl (C=O) groups excluding carboxylic acids is 1. The minimum atomic E-state index is 0. The monoisotopic (exact) mass is 1050 g/mol. The predicted molar refractivity (Wildman–Crippen MR) is 308 cm³/mol. The maximum absolute atomic E-state index is 11.1. The highest BCUT2D eigenvalue weighted by molar-refractivity contribution is 5.75. The van der Waals surface area contributed by atoms with Crippen LogP contribution >= 0.6 is 0 Å². The second-order valence-corrected chi connectivity index (χ2v) is 19.2. The molecular weight excluding hydrogens is 951 g/mol. The van der Waals surface area contributed by atoms with Crippen molar-refractivity contribution in [1.29, 1.82) is 0 Å². The minimum absolute atomic E-state index is 0. The van der Waals surface area contributed by atoms with Gasteiger partial charge in [0, 0.05) is 45.3 Å². The molecule has 0 unspecified atom stereocenters. The van der Waals surface area contributed by atoms with Gasteiger partial charge in [0.2, 0.25) is 5.91 Å². The van der Waals surface area contributed by atoms with E-state index in [2.05, 4.69) is 105 Å². The first kappa shape index (κ1) is 63.8. The molecule has 3 aromatic heterocycles. The van der Waals surface area contributed by atoms with Crippen LogP contribution in [-0.2, 0) is 63.5 Å². The molecule has 15 heteroatoms. The van der Waals surface area contributed by atoms with E-state index in [9.17, 15) is 4.79 Å². The van der Waals surface area contributed by atoms with E-state index in [0.29, 0.717) is 26.2 Å². The van der Waals surface area contributed by atoms with E-state index in [0.717, 1.165) is 111 Å². The van der Waals surface area contributed by atoms with E-state index < -0.39 is 0 Å². The van der Waals surface area contributed by atoms with Gasteiger partial charge in [0.05, 0.1) is 18.6 Å². The van der Waals surface area contributed by atoms with Gasteiger partial charge in [-0.2, -0.15) is 0 Å². The van der Waals surface area contributed by atoms with Crippen LogP contribution in [0.3, 0.4) is 0 Å². The van der Waals surface area contributed by atoms with Gasteiger partial charge in [-0.15, -0.1) is 15.3 Å². The number of rotatable bonds is 36. The molecule has 418 valence electrons. The van der Waals surface area contributed by atoms with E-state index in [1.54, 1.807) is 11.7 Å². The fourth-order valence-electron chi connectivity index (χ4n) is 8.03. The summed E-state index contributed by atoms with van der Waals surface area (Å²) in [5.41, 5.74) is 7.61. The molecule has 6 aromatic rings. The SMILES string of the molecule is C.C=C(C)NCCCCCCCCCCn1cc(COc2ccc(CC)cc2)nn1.CCc1ccc(OCc2cn(CC)nn2)cc1.CCc1ccc(OCc2cn(CCCCCCCCCCC(=O)NC)nn2)cc1. The number of ether oxygens (including phenoxy) is 3. The van der Waals surface area contributed by atoms with Gasteiger partial charge >= 0.3 is 0 Å². The average molecular weight is 1050 g/mol. The third-order valence-electron chi connectivity index (χ3n) is 12.8. The van der Waals surface area contributed by atoms with Crippen LogP contribution in [0, 0.1) is 0 Å². The van der Waals surface area contributed by atoms with Crippen molar-refractivity contribution in [3.05, 3.63) is 137 Å². The average Bonchev–Trinajstić information content (AvgIpc) is 4.24. The number of aromatic nitrogens is 9. The van der Waals surface area contributed by atoms with Gasteiger partial charge in [0.25, 0.3) is 0 Å². The first-order valence-electron chi connectivity index (χ1n) is 28.1. The van der Waals surface area contributed by atoms with Gasteiger partial charge < -0.3 is 24.8 Å². The topological polar surface area (TPSA) is 161 Å². The highest BCUT2D eigenvalue weighted by Crippen LogP contribution is 2.17. The molecule has 15 nitrogen and oxygen atoms in total. The Balaban J connectivity index is 0.000000308. The second kappa shape index (κ2) is 39.8. The van der Waals surface area contributed by atoms with Gasteiger partial charge in [-0.25, -0.2) is 0 Å². The lowest BCUT2D eigenvalue weighted by Gasteiger charge is -2.05. The highest BCUT2D eigenvalue weighted by atomic mass is 16.5. The zero-order valence-electron chi connectivity index (χ0n) is 46.6. The molecule has 0 atom stereocenters. The molecule has 0 fully saturated rings. The number of hydrogen-bond donors (Lipinski definition) is 2. The van der Waals surface area contributed by atoms with Crippen molar-refractivity contribution in [2.24, 2.45) is 0 Å². The summed E-state index contributed by atoms with van der Waals surface area (Å²) < 4.78 is 22.9. The number of aryl methyl sites for hydroxylation is 6. The van der Waals surface area contributed by atoms with Gasteiger partial charge in [-0.1, -0.05) is 164 Å². The van der Waals surface area contributed by atoms with E-state index in [1.807, 2.05) is 78.2 Å². The lowest BCUT2D eigenvalue weighted by atomic mass is 10.1. The molecule has 76 heavy (non-hydrogen) atoms. The Morgan fingerprint density at radius 2 is 0.816 bits per heavy atom. The summed E-state index contributed by atoms with van der Waals surface area (Å²) >= 11 is 0. The maximum Gasteiger partial charge on any atom is 0.219 e. The van der Waals surface area contributed by atoms with Gasteiger partial charge in [0.1, 0.15) is 54.2 Å². The number of amides is 1. The number of allylic oxidation sites excluding steroid dienone is 1. The Morgan fingerprint density at radius 1 is 0.487 bits per heavy atom. The molecule has 3 heterocycles. The summed E-state index contributed by atoms with van der Waals surface area (Å²) in [6.07, 6.45) is 29.5. The maximum atomic E-state index is 11.1. The van der Waals surface area contributed by atoms with Gasteiger partial charge in [-0.3, -0.25) is 18.8 Å². The quantitative estimate of drug-likeness (QED) is 0.0360. The summed E-state index contributed by atoms with van der Waals surface area (Å²) in [6, 6.07) is 24.6. The van der Waals surface area contributed by atoms with Gasteiger partial charge in [0.15, 0.2) is 0 Å². The third-order valence-corrected chi connectivity index (χ3v) is 12.8. The normalized spacial score (nSPS) is 10.6. The molecule has 0 aliphatic carbocycles. The minimum Gasteiger partial charge on any atom is -0.487 e. The summed E-state index contributed by atoms with van der Waals surface area (Å²) in [6.45, 7) is 19.4. The molecule has 1 amide bonds. The van der Waals surface area contributed by atoms with Crippen LogP contribution in [-0.4, -0.2) is 64.5 Å². The molecule has 0 saturated heterocycles. The Hall–Kier alpha value is -6.51. The molecule has 0 spiro atoms. The van der Waals surface area contributed by atoms with Crippen LogP contribution in [0.2, 0.25) is 0 Å². The van der Waals surface area contributed by atoms with Crippen molar-refractivity contribution in [3.8, 4) is 17.2 Å². The fourth-order valence-corrected chi connectivity index (χ4v) is 8.03. The lowest BCUT2D eigenvalue weighted by Crippen LogP contribution is -2.16. The van der Waals surface area contributed by atoms with Crippen LogP contribution < -0.4 is 24.8 Å². The van der Waals surface area contributed by atoms with Crippen molar-refractivity contribution < 1.29 is 19.0 Å². The van der Waals surface area contributed by atoms with E-state index >= 15 is 0 Å². The molecule has 0 bridgehead atoms. The Kier molecular flexibility index (Phi) is 33.4. The van der Waals surface area contributed by atoms with Crippen molar-refractivity contribution >= 4 is 5.91 Å². The lowest BCUT2D eigenvalue weighted by molar-refractivity contribution is -0.120. The Bertz CT molecular complexity index is 2380. The number of nitrogens with zero attached hydrogens (tertiary/aromatic N) is 9. The molecule has 2 N–H and O–H groups in total. The largest absolute Gasteiger partial charge is 0.487 e. The molecule has 0 aliphatic rings. The van der Waals surface area contributed by atoms with Crippen LogP contribution in [0.1, 0.15) is 185 Å². The van der Waals surface area contributed by atoms with Crippen molar-refractivity contribution in [3.63, 3.8) is 0 Å². The van der Waals surface area contributed by atoms with Crippen molar-refractivity contribution in [2.45, 2.75) is 210 Å². The third kappa shape index (κ3) is 28.4. The predicted octanol–water partition coefficient (Wildman–Crippen LogP) is 13.4. The summed E-state index contributed by atoms with van der Waals surface area (Å²) in [7, 11) is 1.70. The standard InChI is InChI=1S/C24H38N4O.C23H36N4O2.C13H17N3O.CH4/c1-4-22-13-15-24(16-14-22)29-20-23-19-28(27-26-23)18-12-10-8-6-5-7-9-11-17-25-21(2)3;1-3-20-13-15-22(16-14-20)29-19-21-18-27(26-25-21)17-11-9-7-5-4-6-8-10-12-23(28)24-2;1-3-11-5-7-13(8-6-11)17-10-12-9-16(4-2)15-14-12;/h13-16,19,25H,2,4-12,17-18,20H2,1,3H3;13-16,18H,3-12,17,19H2,1-2H3,(H,24,28);5-9H,3-4,10H2,1-2H3;1H4. The molecule has 6 rings (SSSR count). The summed E-state index contributed by atoms with van der Waals surface area (Å²) in [5.74, 6) is 2.76. The van der Waals surface area contributed by atoms with Crippen LogP contribution in [0.5, 0.6) is 17.2 Å². The van der Waals surface area contributed by atoms with E-state index in [4.69, 9.17) is 14.2 Å². The Labute approximate surface area is 457 Å². The molecule has 0 aliphatic heterocycles. The Morgan fingerprint density at radius 3 is 1.14 bits per heavy atom. The first-order chi connectivity index (χ1) is 36.7. The van der Waals surface area contributed by atoms with E-state index in [1.165, 1.54) is 93.7 Å². The molecule has 0 saturated carbocycles. The number of hydrogen-bond acceptors (Lipinski definition) is 11. The first-order valence-corrected chi connectivity index (χ1v) is 28.1. The smallest absolute Gasteiger partial charge is 0.219 e. The number of nitrogens with one attached hydrogen (secondary N) is 2. The van der Waals surface area contributed by atoms with Crippen LogP contribution in [0.25, 0.3) is 0 Å². The number of unbranched alkanes of at least 4 members (excludes halogenated alkanes) is 14.